The first-order valence-corrected chi connectivity index (χ1v) is 12.7. The van der Waals surface area contributed by atoms with Gasteiger partial charge < -0.3 is 0 Å². The van der Waals surface area contributed by atoms with E-state index in [1.54, 1.807) is 12.1 Å². The smallest absolute Gasteiger partial charge is 0.123 e. The summed E-state index contributed by atoms with van der Waals surface area (Å²) in [5, 5.41) is 0. The van der Waals surface area contributed by atoms with Gasteiger partial charge in [-0.25, -0.2) is 4.39 Å². The summed E-state index contributed by atoms with van der Waals surface area (Å²) < 4.78 is 13.6. The predicted octanol–water partition coefficient (Wildman–Crippen LogP) is 9.74. The van der Waals surface area contributed by atoms with Crippen molar-refractivity contribution in [2.24, 2.45) is 5.92 Å². The van der Waals surface area contributed by atoms with Gasteiger partial charge in [-0.1, -0.05) is 107 Å². The molecule has 3 rings (SSSR count). The molecule has 0 aliphatic heterocycles. The lowest BCUT2D eigenvalue weighted by atomic mass is 9.89. The van der Waals surface area contributed by atoms with Gasteiger partial charge in [-0.3, -0.25) is 0 Å². The summed E-state index contributed by atoms with van der Waals surface area (Å²) in [5.41, 5.74) is 8.59. The normalized spacial score (nSPS) is 21.4. The predicted molar refractivity (Wildman–Crippen MR) is 143 cm³/mol. The number of halogens is 1. The van der Waals surface area contributed by atoms with E-state index in [-0.39, 0.29) is 5.82 Å². The first-order valence-electron chi connectivity index (χ1n) is 12.7. The Balaban J connectivity index is 1.93. The number of benzene rings is 2. The summed E-state index contributed by atoms with van der Waals surface area (Å²) in [7, 11) is 0. The molecule has 0 radical (unpaired) electrons. The van der Waals surface area contributed by atoms with Gasteiger partial charge in [0.2, 0.25) is 0 Å². The molecule has 0 heterocycles. The van der Waals surface area contributed by atoms with Crippen molar-refractivity contribution in [1.29, 1.82) is 0 Å². The van der Waals surface area contributed by atoms with Crippen molar-refractivity contribution in [3.05, 3.63) is 106 Å². The summed E-state index contributed by atoms with van der Waals surface area (Å²) in [6, 6.07) is 15.9. The molecule has 0 saturated carbocycles. The summed E-state index contributed by atoms with van der Waals surface area (Å²) in [4.78, 5) is 0. The maximum Gasteiger partial charge on any atom is 0.123 e. The highest BCUT2D eigenvalue weighted by atomic mass is 19.1. The fraction of sp³-hybridized carbons (Fsp3) is 0.375. The van der Waals surface area contributed by atoms with Crippen LogP contribution in [0.3, 0.4) is 0 Å². The second-order valence-electron chi connectivity index (χ2n) is 9.54. The van der Waals surface area contributed by atoms with Crippen LogP contribution in [0.4, 0.5) is 4.39 Å². The summed E-state index contributed by atoms with van der Waals surface area (Å²) in [5.74, 6) is 0.428. The zero-order valence-corrected chi connectivity index (χ0v) is 20.8. The van der Waals surface area contributed by atoms with Gasteiger partial charge in [0.1, 0.15) is 5.82 Å². The van der Waals surface area contributed by atoms with E-state index in [0.717, 1.165) is 30.4 Å². The Morgan fingerprint density at radius 2 is 1.36 bits per heavy atom. The third-order valence-corrected chi connectivity index (χ3v) is 6.51. The standard InChI is InChI=1S/C32H39F/c1-5-7-8-9-10-26-11-13-28(14-12-26)30-21-25(4)20-27(19-24(3)6-2)22-31(23-30)29-15-17-32(33)18-16-29/h11-18,20-24H,5-10,19H2,1-4H3/b25-20?,25-21-,27-20-,27-22?,30-21?,30-23+,31-22+,31-23?. The molecular weight excluding hydrogens is 403 g/mol. The molecule has 0 amide bonds. The molecule has 0 aromatic heterocycles. The quantitative estimate of drug-likeness (QED) is 0.321. The summed E-state index contributed by atoms with van der Waals surface area (Å²) >= 11 is 0. The highest BCUT2D eigenvalue weighted by molar-refractivity contribution is 5.89. The van der Waals surface area contributed by atoms with Gasteiger partial charge in [0.25, 0.3) is 0 Å². The van der Waals surface area contributed by atoms with Crippen molar-refractivity contribution < 1.29 is 4.39 Å². The van der Waals surface area contributed by atoms with E-state index in [2.05, 4.69) is 76.3 Å². The highest BCUT2D eigenvalue weighted by Gasteiger charge is 2.10. The molecule has 1 aliphatic carbocycles. The van der Waals surface area contributed by atoms with Crippen molar-refractivity contribution in [3.63, 3.8) is 0 Å². The molecule has 0 fully saturated rings. The molecule has 2 aromatic rings. The lowest BCUT2D eigenvalue weighted by Gasteiger charge is -2.16. The van der Waals surface area contributed by atoms with E-state index in [0.29, 0.717) is 5.92 Å². The van der Waals surface area contributed by atoms with Crippen LogP contribution < -0.4 is 0 Å². The molecule has 1 heteroatoms. The molecule has 0 N–H and O–H groups in total. The number of aryl methyl sites for hydroxylation is 1. The molecule has 0 bridgehead atoms. The van der Waals surface area contributed by atoms with Crippen molar-refractivity contribution in [2.75, 3.05) is 0 Å². The van der Waals surface area contributed by atoms with Crippen LogP contribution in [0.5, 0.6) is 0 Å². The summed E-state index contributed by atoms with van der Waals surface area (Å²) in [6.45, 7) is 8.98. The molecular formula is C32H39F. The van der Waals surface area contributed by atoms with E-state index in [4.69, 9.17) is 0 Å². The maximum atomic E-state index is 13.6. The second kappa shape index (κ2) is 12.5. The molecule has 0 saturated heterocycles. The fourth-order valence-corrected chi connectivity index (χ4v) is 4.33. The van der Waals surface area contributed by atoms with Gasteiger partial charge >= 0.3 is 0 Å². The molecule has 0 spiro atoms. The van der Waals surface area contributed by atoms with Crippen LogP contribution in [0.1, 0.15) is 82.9 Å². The molecule has 1 aliphatic rings. The average Bonchev–Trinajstić information content (AvgIpc) is 2.80. The van der Waals surface area contributed by atoms with Crippen molar-refractivity contribution in [2.45, 2.75) is 72.6 Å². The maximum absolute atomic E-state index is 13.6. The molecule has 0 nitrogen and oxygen atoms in total. The molecule has 2 aromatic carbocycles. The number of rotatable bonds is 10. The number of unbranched alkanes of at least 4 members (excludes halogenated alkanes) is 3. The fourth-order valence-electron chi connectivity index (χ4n) is 4.33. The van der Waals surface area contributed by atoms with E-state index in [1.165, 1.54) is 53.5 Å². The van der Waals surface area contributed by atoms with Crippen molar-refractivity contribution in [3.8, 4) is 0 Å². The van der Waals surface area contributed by atoms with Crippen molar-refractivity contribution >= 4 is 11.1 Å². The Morgan fingerprint density at radius 3 is 2.00 bits per heavy atom. The Morgan fingerprint density at radius 1 is 0.727 bits per heavy atom. The SMILES string of the molecule is CCCCCCc1ccc(C2=C/C(c3ccc(F)cc3)=C\C(CC(C)CC)=C/C(C)=C\2)cc1. The first kappa shape index (κ1) is 25.0. The van der Waals surface area contributed by atoms with Crippen LogP contribution in [0.2, 0.25) is 0 Å². The molecule has 174 valence electrons. The second-order valence-corrected chi connectivity index (χ2v) is 9.54. The molecule has 1 unspecified atom stereocenters. The monoisotopic (exact) mass is 442 g/mol. The van der Waals surface area contributed by atoms with E-state index in [9.17, 15) is 4.39 Å². The van der Waals surface area contributed by atoms with Crippen LogP contribution in [0.15, 0.2) is 84.0 Å². The Kier molecular flexibility index (Phi) is 9.48. The van der Waals surface area contributed by atoms with Gasteiger partial charge in [0.15, 0.2) is 0 Å². The van der Waals surface area contributed by atoms with Gasteiger partial charge in [-0.05, 0) is 83.7 Å². The van der Waals surface area contributed by atoms with E-state index in [1.807, 2.05) is 12.1 Å². The highest BCUT2D eigenvalue weighted by Crippen LogP contribution is 2.31. The third-order valence-electron chi connectivity index (χ3n) is 6.51. The molecule has 33 heavy (non-hydrogen) atoms. The van der Waals surface area contributed by atoms with Crippen LogP contribution in [0.25, 0.3) is 11.1 Å². The number of hydrogen-bond donors (Lipinski definition) is 0. The topological polar surface area (TPSA) is 0 Å². The van der Waals surface area contributed by atoms with Gasteiger partial charge in [0.05, 0.1) is 0 Å². The Hall–Kier alpha value is -2.67. The van der Waals surface area contributed by atoms with Crippen LogP contribution in [-0.4, -0.2) is 0 Å². The Labute approximate surface area is 200 Å². The first-order chi connectivity index (χ1) is 16.0. The van der Waals surface area contributed by atoms with Crippen molar-refractivity contribution in [1.82, 2.24) is 0 Å². The summed E-state index contributed by atoms with van der Waals surface area (Å²) in [6.07, 6.45) is 17.7. The van der Waals surface area contributed by atoms with Gasteiger partial charge in [0, 0.05) is 0 Å². The minimum absolute atomic E-state index is 0.199. The zero-order valence-electron chi connectivity index (χ0n) is 20.8. The zero-order chi connectivity index (χ0) is 23.6. The van der Waals surface area contributed by atoms with Crippen LogP contribution in [-0.2, 0) is 6.42 Å². The lowest BCUT2D eigenvalue weighted by molar-refractivity contribution is 0.562. The average molecular weight is 443 g/mol. The minimum Gasteiger partial charge on any atom is -0.207 e. The third kappa shape index (κ3) is 7.70. The van der Waals surface area contributed by atoms with Crippen LogP contribution in [0, 0.1) is 11.7 Å². The Bertz CT molecular complexity index is 1010. The van der Waals surface area contributed by atoms with Gasteiger partial charge in [-0.2, -0.15) is 0 Å². The molecule has 1 atom stereocenters. The minimum atomic E-state index is -0.199. The number of hydrogen-bond acceptors (Lipinski definition) is 0. The van der Waals surface area contributed by atoms with Crippen LogP contribution >= 0.6 is 0 Å². The van der Waals surface area contributed by atoms with Gasteiger partial charge in [-0.15, -0.1) is 0 Å². The van der Waals surface area contributed by atoms with E-state index < -0.39 is 0 Å². The number of allylic oxidation sites excluding steroid dienone is 8. The van der Waals surface area contributed by atoms with E-state index >= 15 is 0 Å². The largest absolute Gasteiger partial charge is 0.207 e. The lowest BCUT2D eigenvalue weighted by Crippen LogP contribution is -1.97.